The van der Waals surface area contributed by atoms with E-state index in [9.17, 15) is 0 Å². The predicted octanol–water partition coefficient (Wildman–Crippen LogP) is 5.89. The number of rotatable bonds is 7. The molecule has 0 aliphatic carbocycles. The van der Waals surface area contributed by atoms with Crippen LogP contribution in [0.25, 0.3) is 22.8 Å². The molecule has 0 unspecified atom stereocenters. The second kappa shape index (κ2) is 9.79. The van der Waals surface area contributed by atoms with Gasteiger partial charge in [0.25, 0.3) is 0 Å². The summed E-state index contributed by atoms with van der Waals surface area (Å²) in [5.41, 5.74) is 8.27. The van der Waals surface area contributed by atoms with Gasteiger partial charge in [0.15, 0.2) is 0 Å². The first kappa shape index (κ1) is 21.1. The van der Waals surface area contributed by atoms with Crippen LogP contribution in [-0.2, 0) is 6.54 Å². The minimum absolute atomic E-state index is 0.679. The lowest BCUT2D eigenvalue weighted by Gasteiger charge is -2.12. The van der Waals surface area contributed by atoms with Crippen LogP contribution in [0.15, 0.2) is 86.1 Å². The fourth-order valence-electron chi connectivity index (χ4n) is 3.38. The van der Waals surface area contributed by atoms with E-state index >= 15 is 0 Å². The van der Waals surface area contributed by atoms with Gasteiger partial charge in [-0.25, -0.2) is 4.98 Å². The molecular formula is C27H25N5. The van der Waals surface area contributed by atoms with Crippen molar-refractivity contribution in [3.63, 3.8) is 0 Å². The van der Waals surface area contributed by atoms with Gasteiger partial charge in [-0.1, -0.05) is 43.0 Å². The molecule has 0 spiro atoms. The maximum Gasteiger partial charge on any atom is 0.133 e. The average molecular weight is 420 g/mol. The quantitative estimate of drug-likeness (QED) is 0.379. The van der Waals surface area contributed by atoms with E-state index in [1.54, 1.807) is 18.6 Å². The summed E-state index contributed by atoms with van der Waals surface area (Å²) in [6, 6.07) is 14.7. The van der Waals surface area contributed by atoms with E-state index in [1.165, 1.54) is 16.7 Å². The zero-order valence-corrected chi connectivity index (χ0v) is 18.3. The molecule has 0 atom stereocenters. The molecule has 1 aromatic carbocycles. The number of aryl methyl sites for hydroxylation is 2. The Labute approximate surface area is 188 Å². The first-order valence-corrected chi connectivity index (χ1v) is 10.4. The zero-order valence-electron chi connectivity index (χ0n) is 18.3. The third-order valence-electron chi connectivity index (χ3n) is 5.20. The van der Waals surface area contributed by atoms with Crippen molar-refractivity contribution in [2.24, 2.45) is 0 Å². The van der Waals surface area contributed by atoms with Crippen LogP contribution >= 0.6 is 0 Å². The number of nitrogens with one attached hydrogen (secondary N) is 1. The van der Waals surface area contributed by atoms with E-state index < -0.39 is 0 Å². The van der Waals surface area contributed by atoms with Gasteiger partial charge in [0.1, 0.15) is 5.82 Å². The van der Waals surface area contributed by atoms with Gasteiger partial charge in [0.05, 0.1) is 11.9 Å². The fraction of sp³-hybridized carbons (Fsp3) is 0.111. The van der Waals surface area contributed by atoms with Crippen LogP contribution in [0.1, 0.15) is 28.1 Å². The molecule has 5 nitrogen and oxygen atoms in total. The molecule has 0 amide bonds. The van der Waals surface area contributed by atoms with Crippen molar-refractivity contribution in [3.05, 3.63) is 114 Å². The standard InChI is InChI=1S/C27H25N5/c1-19-10-12-31-27(25(19)9-4-20(2)26-18-28-14-15-30-26)32-17-22-5-7-23(8-6-22)24-11-13-29-21(3)16-24/h4-16,18H,2,17H2,1,3H3,(H,31,32)/b9-4-. The summed E-state index contributed by atoms with van der Waals surface area (Å²) >= 11 is 0. The summed E-state index contributed by atoms with van der Waals surface area (Å²) in [6.45, 7) is 8.85. The highest BCUT2D eigenvalue weighted by atomic mass is 15.0. The Balaban J connectivity index is 1.47. The lowest BCUT2D eigenvalue weighted by atomic mass is 10.0. The molecule has 0 radical (unpaired) electrons. The molecule has 5 heteroatoms. The molecule has 0 bridgehead atoms. The monoisotopic (exact) mass is 419 g/mol. The van der Waals surface area contributed by atoms with Crippen LogP contribution in [0, 0.1) is 13.8 Å². The van der Waals surface area contributed by atoms with Crippen LogP contribution in [0.3, 0.4) is 0 Å². The van der Waals surface area contributed by atoms with Crippen LogP contribution in [0.4, 0.5) is 5.82 Å². The topological polar surface area (TPSA) is 63.6 Å². The molecule has 4 rings (SSSR count). The summed E-state index contributed by atoms with van der Waals surface area (Å²) < 4.78 is 0. The predicted molar refractivity (Wildman–Crippen MR) is 131 cm³/mol. The molecule has 4 aromatic rings. The Hall–Kier alpha value is -4.12. The second-order valence-electron chi connectivity index (χ2n) is 7.58. The van der Waals surface area contributed by atoms with Gasteiger partial charge in [-0.2, -0.15) is 0 Å². The Morgan fingerprint density at radius 3 is 2.47 bits per heavy atom. The summed E-state index contributed by atoms with van der Waals surface area (Å²) in [6.07, 6.45) is 12.7. The fourth-order valence-corrected chi connectivity index (χ4v) is 3.38. The highest BCUT2D eigenvalue weighted by Gasteiger charge is 2.06. The lowest BCUT2D eigenvalue weighted by molar-refractivity contribution is 1.10. The number of hydrogen-bond donors (Lipinski definition) is 1. The number of anilines is 1. The molecule has 3 heterocycles. The van der Waals surface area contributed by atoms with E-state index in [1.807, 2.05) is 43.6 Å². The molecular weight excluding hydrogens is 394 g/mol. The summed E-state index contributed by atoms with van der Waals surface area (Å²) in [5.74, 6) is 0.835. The van der Waals surface area contributed by atoms with Gasteiger partial charge in [0, 0.05) is 42.6 Å². The van der Waals surface area contributed by atoms with E-state index in [0.717, 1.165) is 33.9 Å². The smallest absolute Gasteiger partial charge is 0.133 e. The molecule has 158 valence electrons. The van der Waals surface area contributed by atoms with E-state index in [4.69, 9.17) is 0 Å². The first-order chi connectivity index (χ1) is 15.6. The van der Waals surface area contributed by atoms with Crippen LogP contribution in [0.5, 0.6) is 0 Å². The average Bonchev–Trinajstić information content (AvgIpc) is 2.83. The summed E-state index contributed by atoms with van der Waals surface area (Å²) in [7, 11) is 0. The van der Waals surface area contributed by atoms with E-state index in [0.29, 0.717) is 6.54 Å². The van der Waals surface area contributed by atoms with E-state index in [2.05, 4.69) is 69.1 Å². The SMILES string of the molecule is C=C(/C=C\c1c(C)ccnc1NCc1ccc(-c2ccnc(C)c2)cc1)c1cnccn1. The van der Waals surface area contributed by atoms with Crippen molar-refractivity contribution in [2.75, 3.05) is 5.32 Å². The number of nitrogens with zero attached hydrogens (tertiary/aromatic N) is 4. The third-order valence-corrected chi connectivity index (χ3v) is 5.20. The summed E-state index contributed by atoms with van der Waals surface area (Å²) in [5, 5.41) is 3.47. The van der Waals surface area contributed by atoms with E-state index in [-0.39, 0.29) is 0 Å². The van der Waals surface area contributed by atoms with Crippen molar-refractivity contribution < 1.29 is 0 Å². The van der Waals surface area contributed by atoms with Gasteiger partial charge < -0.3 is 5.32 Å². The Morgan fingerprint density at radius 1 is 0.906 bits per heavy atom. The van der Waals surface area contributed by atoms with Gasteiger partial charge in [-0.05, 0) is 59.9 Å². The maximum absolute atomic E-state index is 4.55. The highest BCUT2D eigenvalue weighted by Crippen LogP contribution is 2.23. The molecule has 32 heavy (non-hydrogen) atoms. The highest BCUT2D eigenvalue weighted by molar-refractivity contribution is 5.78. The minimum Gasteiger partial charge on any atom is -0.365 e. The molecule has 1 N–H and O–H groups in total. The van der Waals surface area contributed by atoms with Gasteiger partial charge in [0.2, 0.25) is 0 Å². The number of benzene rings is 1. The summed E-state index contributed by atoms with van der Waals surface area (Å²) in [4.78, 5) is 17.2. The van der Waals surface area contributed by atoms with Crippen molar-refractivity contribution in [1.29, 1.82) is 0 Å². The largest absolute Gasteiger partial charge is 0.365 e. The number of aromatic nitrogens is 4. The zero-order chi connectivity index (χ0) is 22.3. The minimum atomic E-state index is 0.679. The molecule has 0 aliphatic rings. The number of allylic oxidation sites excluding steroid dienone is 2. The second-order valence-corrected chi connectivity index (χ2v) is 7.58. The molecule has 0 saturated carbocycles. The lowest BCUT2D eigenvalue weighted by Crippen LogP contribution is -2.04. The Bertz CT molecular complexity index is 1240. The van der Waals surface area contributed by atoms with Crippen LogP contribution in [-0.4, -0.2) is 19.9 Å². The van der Waals surface area contributed by atoms with Gasteiger partial charge in [-0.3, -0.25) is 15.0 Å². The third kappa shape index (κ3) is 5.13. The van der Waals surface area contributed by atoms with Gasteiger partial charge in [-0.15, -0.1) is 0 Å². The molecule has 0 fully saturated rings. The number of hydrogen-bond acceptors (Lipinski definition) is 5. The van der Waals surface area contributed by atoms with Gasteiger partial charge >= 0.3 is 0 Å². The maximum atomic E-state index is 4.55. The van der Waals surface area contributed by atoms with Crippen molar-refractivity contribution in [1.82, 2.24) is 19.9 Å². The molecule has 0 aliphatic heterocycles. The normalized spacial score (nSPS) is 10.9. The first-order valence-electron chi connectivity index (χ1n) is 10.4. The Kier molecular flexibility index (Phi) is 6.46. The van der Waals surface area contributed by atoms with Crippen molar-refractivity contribution in [3.8, 4) is 11.1 Å². The molecule has 3 aromatic heterocycles. The van der Waals surface area contributed by atoms with Crippen molar-refractivity contribution >= 4 is 17.5 Å². The number of pyridine rings is 2. The molecule has 0 saturated heterocycles. The van der Waals surface area contributed by atoms with Crippen molar-refractivity contribution in [2.45, 2.75) is 20.4 Å². The van der Waals surface area contributed by atoms with Crippen LogP contribution < -0.4 is 5.32 Å². The van der Waals surface area contributed by atoms with Crippen LogP contribution in [0.2, 0.25) is 0 Å². The Morgan fingerprint density at radius 2 is 1.72 bits per heavy atom.